The zero-order chi connectivity index (χ0) is 10.3. The molecule has 17 heavy (non-hydrogen) atoms. The number of hydrogen-bond acceptors (Lipinski definition) is 0. The van der Waals surface area contributed by atoms with E-state index in [1.807, 2.05) is 6.07 Å². The Morgan fingerprint density at radius 1 is 0.941 bits per heavy atom. The monoisotopic (exact) mass is 358 g/mol. The Labute approximate surface area is 135 Å². The molecule has 3 aromatic carbocycles. The number of fused-ring (bicyclic) bond motifs is 3. The molecule has 0 heterocycles. The quantitative estimate of drug-likeness (QED) is 0.321. The Morgan fingerprint density at radius 2 is 1.71 bits per heavy atom. The maximum atomic E-state index is 3.49. The molecule has 0 spiro atoms. The Hall–Kier alpha value is -0.0938. The van der Waals surface area contributed by atoms with Crippen LogP contribution in [0.3, 0.4) is 0 Å². The second-order valence-corrected chi connectivity index (χ2v) is 4.48. The Kier molecular flexibility index (Phi) is 5.44. The molecule has 0 N–H and O–H groups in total. The third kappa shape index (κ3) is 2.84. The molecule has 0 unspecified atom stereocenters. The van der Waals surface area contributed by atoms with Crippen molar-refractivity contribution in [2.24, 2.45) is 0 Å². The number of rotatable bonds is 0. The van der Waals surface area contributed by atoms with E-state index < -0.39 is 0 Å². The summed E-state index contributed by atoms with van der Waals surface area (Å²) in [5.74, 6) is 0. The SMILES string of the molecule is Brc1c[c-]c2ccc3ccccc3c2c1.[Br-].[Mg+2]. The van der Waals surface area contributed by atoms with Gasteiger partial charge in [-0.2, -0.15) is 0 Å². The fourth-order valence-electron chi connectivity index (χ4n) is 1.90. The second kappa shape index (κ2) is 6.18. The Balaban J connectivity index is 0.000000722. The van der Waals surface area contributed by atoms with E-state index in [0.717, 1.165) is 9.86 Å². The van der Waals surface area contributed by atoms with E-state index in [1.54, 1.807) is 0 Å². The molecule has 0 nitrogen and oxygen atoms in total. The number of hydrogen-bond donors (Lipinski definition) is 0. The number of halogens is 2. The molecule has 0 aromatic heterocycles. The van der Waals surface area contributed by atoms with Crippen LogP contribution in [0, 0.1) is 6.07 Å². The first-order chi connectivity index (χ1) is 7.34. The van der Waals surface area contributed by atoms with Gasteiger partial charge in [-0.05, 0) is 5.39 Å². The molecule has 0 aliphatic heterocycles. The van der Waals surface area contributed by atoms with Gasteiger partial charge >= 0.3 is 23.1 Å². The predicted molar refractivity (Wildman–Crippen MR) is 73.7 cm³/mol. The summed E-state index contributed by atoms with van der Waals surface area (Å²) in [6.07, 6.45) is 0. The van der Waals surface area contributed by atoms with Crippen LogP contribution < -0.4 is 17.0 Å². The summed E-state index contributed by atoms with van der Waals surface area (Å²) in [5.41, 5.74) is 0. The average Bonchev–Trinajstić information content (AvgIpc) is 2.29. The van der Waals surface area contributed by atoms with Crippen molar-refractivity contribution in [2.75, 3.05) is 0 Å². The standard InChI is InChI=1S/C14H8Br.BrH.Mg/c15-12-8-7-11-6-5-10-3-1-2-4-13(10)14(11)9-12;;/h1-6,8-9H;1H;/q-1;;+2/p-1. The van der Waals surface area contributed by atoms with Crippen LogP contribution in [0.5, 0.6) is 0 Å². The zero-order valence-corrected chi connectivity index (χ0v) is 13.7. The third-order valence-electron chi connectivity index (χ3n) is 2.62. The van der Waals surface area contributed by atoms with Crippen molar-refractivity contribution in [2.45, 2.75) is 0 Å². The number of benzene rings is 3. The van der Waals surface area contributed by atoms with Crippen molar-refractivity contribution >= 4 is 60.5 Å². The largest absolute Gasteiger partial charge is 2.00 e. The van der Waals surface area contributed by atoms with Gasteiger partial charge < -0.3 is 17.0 Å². The van der Waals surface area contributed by atoms with E-state index in [9.17, 15) is 0 Å². The van der Waals surface area contributed by atoms with Gasteiger partial charge in [0.15, 0.2) is 0 Å². The first-order valence-electron chi connectivity index (χ1n) is 4.83. The molecule has 3 heteroatoms. The van der Waals surface area contributed by atoms with Crippen LogP contribution in [0.25, 0.3) is 21.5 Å². The molecule has 0 aliphatic rings. The van der Waals surface area contributed by atoms with Gasteiger partial charge in [0.1, 0.15) is 0 Å². The molecule has 3 rings (SSSR count). The van der Waals surface area contributed by atoms with Gasteiger partial charge in [0, 0.05) is 0 Å². The first-order valence-corrected chi connectivity index (χ1v) is 5.62. The summed E-state index contributed by atoms with van der Waals surface area (Å²) in [6.45, 7) is 0. The molecule has 3 aromatic rings. The van der Waals surface area contributed by atoms with E-state index in [2.05, 4.69) is 64.5 Å². The van der Waals surface area contributed by atoms with Gasteiger partial charge in [-0.1, -0.05) is 45.6 Å². The van der Waals surface area contributed by atoms with Crippen molar-refractivity contribution in [3.63, 3.8) is 0 Å². The fraction of sp³-hybridized carbons (Fsp3) is 0. The minimum atomic E-state index is 0. The maximum Gasteiger partial charge on any atom is 2.00 e. The van der Waals surface area contributed by atoms with Crippen LogP contribution in [0.4, 0.5) is 0 Å². The van der Waals surface area contributed by atoms with Gasteiger partial charge in [0.25, 0.3) is 0 Å². The normalized spacial score (nSPS) is 9.71. The van der Waals surface area contributed by atoms with Gasteiger partial charge in [-0.3, -0.25) is 0 Å². The van der Waals surface area contributed by atoms with E-state index in [-0.39, 0.29) is 40.0 Å². The molecular formula is C14H8Br2Mg. The summed E-state index contributed by atoms with van der Waals surface area (Å²) in [4.78, 5) is 0. The Bertz CT molecular complexity index is 650. The summed E-state index contributed by atoms with van der Waals surface area (Å²) < 4.78 is 1.08. The third-order valence-corrected chi connectivity index (χ3v) is 3.08. The van der Waals surface area contributed by atoms with Crippen molar-refractivity contribution < 1.29 is 17.0 Å². The van der Waals surface area contributed by atoms with E-state index >= 15 is 0 Å². The van der Waals surface area contributed by atoms with Crippen molar-refractivity contribution in [1.29, 1.82) is 0 Å². The minimum Gasteiger partial charge on any atom is -1.00 e. The summed E-state index contributed by atoms with van der Waals surface area (Å²) in [6, 6.07) is 20.0. The van der Waals surface area contributed by atoms with E-state index in [4.69, 9.17) is 0 Å². The predicted octanol–water partition coefficient (Wildman–Crippen LogP) is 1.18. The first kappa shape index (κ1) is 15.0. The molecule has 0 radical (unpaired) electrons. The molecular weight excluding hydrogens is 352 g/mol. The van der Waals surface area contributed by atoms with E-state index in [1.165, 1.54) is 16.2 Å². The van der Waals surface area contributed by atoms with Crippen LogP contribution in [0.1, 0.15) is 0 Å². The van der Waals surface area contributed by atoms with Crippen molar-refractivity contribution in [3.05, 3.63) is 59.1 Å². The summed E-state index contributed by atoms with van der Waals surface area (Å²) in [7, 11) is 0. The maximum absolute atomic E-state index is 3.49. The van der Waals surface area contributed by atoms with Crippen LogP contribution in [-0.2, 0) is 0 Å². The van der Waals surface area contributed by atoms with Crippen LogP contribution in [0.15, 0.2) is 53.0 Å². The van der Waals surface area contributed by atoms with Crippen molar-refractivity contribution in [3.8, 4) is 0 Å². The molecule has 0 bridgehead atoms. The van der Waals surface area contributed by atoms with Gasteiger partial charge in [-0.25, -0.2) is 0 Å². The topological polar surface area (TPSA) is 0 Å². The molecule has 0 amide bonds. The van der Waals surface area contributed by atoms with E-state index in [0.29, 0.717) is 0 Å². The molecule has 0 atom stereocenters. The molecule has 0 fully saturated rings. The smallest absolute Gasteiger partial charge is 1.00 e. The minimum absolute atomic E-state index is 0. The van der Waals surface area contributed by atoms with Gasteiger partial charge in [0.05, 0.1) is 0 Å². The molecule has 0 saturated heterocycles. The zero-order valence-electron chi connectivity index (χ0n) is 9.08. The molecule has 0 saturated carbocycles. The summed E-state index contributed by atoms with van der Waals surface area (Å²) in [5, 5.41) is 4.98. The average molecular weight is 360 g/mol. The van der Waals surface area contributed by atoms with Gasteiger partial charge in [-0.15, -0.1) is 45.6 Å². The Morgan fingerprint density at radius 3 is 2.53 bits per heavy atom. The second-order valence-electron chi connectivity index (χ2n) is 3.57. The van der Waals surface area contributed by atoms with Crippen LogP contribution in [0.2, 0.25) is 0 Å². The van der Waals surface area contributed by atoms with Crippen LogP contribution in [-0.4, -0.2) is 23.1 Å². The van der Waals surface area contributed by atoms with Crippen molar-refractivity contribution in [1.82, 2.24) is 0 Å². The fourth-order valence-corrected chi connectivity index (χ4v) is 2.25. The molecule has 0 aliphatic carbocycles. The summed E-state index contributed by atoms with van der Waals surface area (Å²) >= 11 is 3.49. The van der Waals surface area contributed by atoms with Gasteiger partial charge in [0.2, 0.25) is 0 Å². The van der Waals surface area contributed by atoms with Crippen LogP contribution >= 0.6 is 15.9 Å². The molecule has 80 valence electrons.